The number of nitrogens with zero attached hydrogens (tertiary/aromatic N) is 3. The summed E-state index contributed by atoms with van der Waals surface area (Å²) in [4.78, 5) is 2.16. The lowest BCUT2D eigenvalue weighted by Gasteiger charge is -2.25. The van der Waals surface area contributed by atoms with Crippen molar-refractivity contribution >= 4 is 28.7 Å². The number of anilines is 1. The van der Waals surface area contributed by atoms with Crippen molar-refractivity contribution in [1.29, 1.82) is 0 Å². The van der Waals surface area contributed by atoms with Crippen LogP contribution in [0, 0.1) is 3.95 Å². The monoisotopic (exact) mass is 397 g/mol. The first kappa shape index (κ1) is 19.1. The second-order valence-electron chi connectivity index (χ2n) is 5.80. The smallest absolute Gasteiger partial charge is 0.207 e. The van der Waals surface area contributed by atoms with E-state index in [-0.39, 0.29) is 6.61 Å². The molecule has 1 aliphatic rings. The zero-order chi connectivity index (χ0) is 18.4. The number of aliphatic hydroxyl groups is 1. The minimum Gasteiger partial charge on any atom is -0.494 e. The number of hydrogen-bond donors (Lipinski definition) is 1. The molecule has 2 aromatic rings. The van der Waals surface area contributed by atoms with Crippen LogP contribution < -0.4 is 14.4 Å². The summed E-state index contributed by atoms with van der Waals surface area (Å²) < 4.78 is 18.7. The molecule has 1 unspecified atom stereocenters. The molecule has 0 aliphatic carbocycles. The quantitative estimate of drug-likeness (QED) is 0.686. The fourth-order valence-electron chi connectivity index (χ4n) is 2.54. The van der Waals surface area contributed by atoms with Gasteiger partial charge in [-0.05, 0) is 43.4 Å². The highest BCUT2D eigenvalue weighted by molar-refractivity contribution is 7.73. The number of rotatable bonds is 8. The van der Waals surface area contributed by atoms with Gasteiger partial charge in [0, 0.05) is 13.1 Å². The Bertz CT molecular complexity index is 741. The van der Waals surface area contributed by atoms with E-state index in [1.807, 2.05) is 31.2 Å². The highest BCUT2D eigenvalue weighted by Crippen LogP contribution is 2.21. The van der Waals surface area contributed by atoms with Crippen LogP contribution in [0.25, 0.3) is 0 Å². The Labute approximate surface area is 161 Å². The van der Waals surface area contributed by atoms with Crippen LogP contribution in [0.3, 0.4) is 0 Å². The van der Waals surface area contributed by atoms with Crippen LogP contribution in [0.15, 0.2) is 24.3 Å². The van der Waals surface area contributed by atoms with Crippen molar-refractivity contribution in [1.82, 2.24) is 9.78 Å². The largest absolute Gasteiger partial charge is 0.494 e. The molecule has 26 heavy (non-hydrogen) atoms. The molecule has 1 aliphatic heterocycles. The van der Waals surface area contributed by atoms with Gasteiger partial charge in [0.15, 0.2) is 3.95 Å². The summed E-state index contributed by atoms with van der Waals surface area (Å²) in [5.74, 6) is 1.48. The van der Waals surface area contributed by atoms with E-state index in [4.69, 9.17) is 26.4 Å². The normalized spacial score (nSPS) is 15.7. The Hall–Kier alpha value is -1.68. The van der Waals surface area contributed by atoms with E-state index in [2.05, 4.69) is 10.00 Å². The zero-order valence-corrected chi connectivity index (χ0v) is 16.3. The molecule has 1 saturated heterocycles. The van der Waals surface area contributed by atoms with Gasteiger partial charge < -0.3 is 24.2 Å². The van der Waals surface area contributed by atoms with Gasteiger partial charge in [-0.3, -0.25) is 0 Å². The Morgan fingerprint density at radius 3 is 2.54 bits per heavy atom. The molecule has 0 radical (unpaired) electrons. The van der Waals surface area contributed by atoms with Gasteiger partial charge in [0.1, 0.15) is 24.2 Å². The SMILES string of the molecule is CCOc1ccc(OCC(O)Cn2nc(N3CCOCC3)sc2=S)cc1. The third-order valence-electron chi connectivity index (χ3n) is 3.84. The molecule has 1 aromatic heterocycles. The minimum absolute atomic E-state index is 0.167. The first-order valence-corrected chi connectivity index (χ1v) is 9.82. The zero-order valence-electron chi connectivity index (χ0n) is 14.7. The molecule has 2 heterocycles. The van der Waals surface area contributed by atoms with Gasteiger partial charge in [-0.2, -0.15) is 0 Å². The maximum atomic E-state index is 10.3. The highest BCUT2D eigenvalue weighted by atomic mass is 32.1. The fraction of sp³-hybridized carbons (Fsp3) is 0.529. The summed E-state index contributed by atoms with van der Waals surface area (Å²) in [5, 5.41) is 15.7. The lowest BCUT2D eigenvalue weighted by molar-refractivity contribution is 0.0889. The molecule has 1 fully saturated rings. The lowest BCUT2D eigenvalue weighted by Crippen LogP contribution is -2.36. The molecule has 0 saturated carbocycles. The molecular weight excluding hydrogens is 374 g/mol. The van der Waals surface area contributed by atoms with E-state index >= 15 is 0 Å². The molecule has 1 N–H and O–H groups in total. The Balaban J connectivity index is 1.52. The Morgan fingerprint density at radius 1 is 1.23 bits per heavy atom. The number of hydrogen-bond acceptors (Lipinski definition) is 8. The average molecular weight is 398 g/mol. The average Bonchev–Trinajstić information content (AvgIpc) is 3.03. The van der Waals surface area contributed by atoms with Crippen LogP contribution in [0.5, 0.6) is 11.5 Å². The molecule has 0 spiro atoms. The predicted octanol–water partition coefficient (Wildman–Crippen LogP) is 2.35. The summed E-state index contributed by atoms with van der Waals surface area (Å²) in [5.41, 5.74) is 0. The predicted molar refractivity (Wildman–Crippen MR) is 103 cm³/mol. The second kappa shape index (κ2) is 9.31. The molecule has 1 atom stereocenters. The molecule has 7 nitrogen and oxygen atoms in total. The number of ether oxygens (including phenoxy) is 3. The molecule has 142 valence electrons. The molecule has 1 aromatic carbocycles. The van der Waals surface area contributed by atoms with E-state index in [1.54, 1.807) is 4.68 Å². The first-order valence-electron chi connectivity index (χ1n) is 8.60. The third-order valence-corrected chi connectivity index (χ3v) is 5.21. The van der Waals surface area contributed by atoms with Crippen LogP contribution >= 0.6 is 23.6 Å². The van der Waals surface area contributed by atoms with E-state index in [0.29, 0.717) is 36.1 Å². The van der Waals surface area contributed by atoms with E-state index in [0.717, 1.165) is 24.0 Å². The van der Waals surface area contributed by atoms with Crippen molar-refractivity contribution in [2.45, 2.75) is 19.6 Å². The van der Waals surface area contributed by atoms with Crippen LogP contribution in [-0.2, 0) is 11.3 Å². The Morgan fingerprint density at radius 2 is 1.88 bits per heavy atom. The van der Waals surface area contributed by atoms with Crippen LogP contribution in [0.2, 0.25) is 0 Å². The summed E-state index contributed by atoms with van der Waals surface area (Å²) in [7, 11) is 0. The van der Waals surface area contributed by atoms with Crippen molar-refractivity contribution in [3.63, 3.8) is 0 Å². The maximum Gasteiger partial charge on any atom is 0.207 e. The van der Waals surface area contributed by atoms with Gasteiger partial charge in [-0.15, -0.1) is 5.10 Å². The summed E-state index contributed by atoms with van der Waals surface area (Å²) in [6.07, 6.45) is -0.701. The lowest BCUT2D eigenvalue weighted by atomic mass is 10.3. The van der Waals surface area contributed by atoms with Crippen LogP contribution in [0.4, 0.5) is 5.13 Å². The van der Waals surface area contributed by atoms with Gasteiger partial charge in [0.05, 0.1) is 26.4 Å². The van der Waals surface area contributed by atoms with Crippen molar-refractivity contribution in [2.75, 3.05) is 44.4 Å². The summed E-state index contributed by atoms with van der Waals surface area (Å²) in [6, 6.07) is 7.33. The summed E-state index contributed by atoms with van der Waals surface area (Å²) >= 11 is 6.83. The van der Waals surface area contributed by atoms with Gasteiger partial charge in [-0.25, -0.2) is 4.68 Å². The molecule has 9 heteroatoms. The van der Waals surface area contributed by atoms with Crippen molar-refractivity contribution in [2.24, 2.45) is 0 Å². The fourth-order valence-corrected chi connectivity index (χ4v) is 3.70. The van der Waals surface area contributed by atoms with E-state index in [9.17, 15) is 5.11 Å². The molecule has 0 bridgehead atoms. The highest BCUT2D eigenvalue weighted by Gasteiger charge is 2.17. The standard InChI is InChI=1S/C17H23N3O4S2/c1-2-23-14-3-5-15(6-4-14)24-12-13(21)11-20-17(25)26-16(18-20)19-7-9-22-10-8-19/h3-6,13,21H,2,7-12H2,1H3. The van der Waals surface area contributed by atoms with Crippen LogP contribution in [0.1, 0.15) is 6.92 Å². The van der Waals surface area contributed by atoms with Gasteiger partial charge >= 0.3 is 0 Å². The van der Waals surface area contributed by atoms with E-state index in [1.165, 1.54) is 11.3 Å². The number of aromatic nitrogens is 2. The van der Waals surface area contributed by atoms with Gasteiger partial charge in [-0.1, -0.05) is 11.3 Å². The van der Waals surface area contributed by atoms with E-state index < -0.39 is 6.10 Å². The Kier molecular flexibility index (Phi) is 6.84. The van der Waals surface area contributed by atoms with Gasteiger partial charge in [0.25, 0.3) is 0 Å². The number of aliphatic hydroxyl groups excluding tert-OH is 1. The first-order chi connectivity index (χ1) is 12.7. The third kappa shape index (κ3) is 5.16. The van der Waals surface area contributed by atoms with Crippen LogP contribution in [-0.4, -0.2) is 60.5 Å². The molecule has 3 rings (SSSR count). The van der Waals surface area contributed by atoms with Crippen molar-refractivity contribution in [3.8, 4) is 11.5 Å². The topological polar surface area (TPSA) is 69.0 Å². The number of morpholine rings is 1. The summed E-state index contributed by atoms with van der Waals surface area (Å²) in [6.45, 7) is 6.05. The number of benzene rings is 1. The van der Waals surface area contributed by atoms with Crippen molar-refractivity contribution < 1.29 is 19.3 Å². The molecule has 0 amide bonds. The molecular formula is C17H23N3O4S2. The van der Waals surface area contributed by atoms with Gasteiger partial charge in [0.2, 0.25) is 5.13 Å². The minimum atomic E-state index is -0.701. The van der Waals surface area contributed by atoms with Crippen molar-refractivity contribution in [3.05, 3.63) is 28.2 Å². The maximum absolute atomic E-state index is 10.3. The second-order valence-corrected chi connectivity index (χ2v) is 7.40.